The molecule has 0 rings (SSSR count). The predicted molar refractivity (Wildman–Crippen MR) is 51.0 cm³/mol. The van der Waals surface area contributed by atoms with Crippen molar-refractivity contribution in [2.75, 3.05) is 6.54 Å². The lowest BCUT2D eigenvalue weighted by Gasteiger charge is -1.99. The van der Waals surface area contributed by atoms with Crippen LogP contribution in [-0.2, 0) is 9.59 Å². The minimum absolute atomic E-state index is 0.0288. The second-order valence-corrected chi connectivity index (χ2v) is 2.63. The van der Waals surface area contributed by atoms with E-state index in [0.717, 1.165) is 0 Å². The maximum Gasteiger partial charge on any atom is 0.262 e. The maximum absolute atomic E-state index is 11.0. The van der Waals surface area contributed by atoms with Gasteiger partial charge in [0.25, 0.3) is 5.91 Å². The summed E-state index contributed by atoms with van der Waals surface area (Å²) in [5.41, 5.74) is 4.81. The van der Waals surface area contributed by atoms with Crippen LogP contribution in [0.1, 0.15) is 6.42 Å². The van der Waals surface area contributed by atoms with Gasteiger partial charge in [-0.1, -0.05) is 23.8 Å². The molecule has 0 aliphatic rings. The van der Waals surface area contributed by atoms with Crippen LogP contribution in [0.3, 0.4) is 0 Å². The fraction of sp³-hybridized carbons (Fsp3) is 0.250. The Bertz CT molecular complexity index is 249. The summed E-state index contributed by atoms with van der Waals surface area (Å²) < 4.78 is 0. The number of nitrogens with one attached hydrogen (secondary N) is 1. The summed E-state index contributed by atoms with van der Waals surface area (Å²) in [5, 5.41) is 2.27. The molecule has 0 fully saturated rings. The van der Waals surface area contributed by atoms with E-state index >= 15 is 0 Å². The van der Waals surface area contributed by atoms with Gasteiger partial charge in [0.15, 0.2) is 0 Å². The van der Waals surface area contributed by atoms with Crippen LogP contribution in [0, 0.1) is 0 Å². The molecule has 0 heterocycles. The first-order valence-corrected chi connectivity index (χ1v) is 3.98. The lowest BCUT2D eigenvalue weighted by atomic mass is 10.3. The van der Waals surface area contributed by atoms with E-state index in [-0.39, 0.29) is 11.6 Å². The van der Waals surface area contributed by atoms with Gasteiger partial charge < -0.3 is 11.1 Å². The molecular weight excluding hydrogens is 192 g/mol. The number of nitrogens with two attached hydrogens (primary N) is 1. The molecule has 0 saturated carbocycles. The van der Waals surface area contributed by atoms with Crippen molar-refractivity contribution in [2.24, 2.45) is 5.73 Å². The molecular formula is C8H11ClN2O2. The summed E-state index contributed by atoms with van der Waals surface area (Å²) >= 11 is 5.54. The molecule has 0 aromatic rings. The molecule has 0 aromatic carbocycles. The first kappa shape index (κ1) is 11.7. The third-order valence-corrected chi connectivity index (χ3v) is 1.43. The zero-order valence-corrected chi connectivity index (χ0v) is 7.80. The van der Waals surface area contributed by atoms with E-state index in [1.165, 1.54) is 6.08 Å². The topological polar surface area (TPSA) is 72.2 Å². The molecule has 0 aromatic heterocycles. The number of carbonyl (C=O) groups is 2. The first-order valence-electron chi connectivity index (χ1n) is 3.61. The van der Waals surface area contributed by atoms with Crippen molar-refractivity contribution in [2.45, 2.75) is 6.42 Å². The van der Waals surface area contributed by atoms with Crippen LogP contribution in [0.15, 0.2) is 23.8 Å². The Kier molecular flexibility index (Phi) is 5.63. The second-order valence-electron chi connectivity index (χ2n) is 2.23. The minimum Gasteiger partial charge on any atom is -0.368 e. The van der Waals surface area contributed by atoms with Gasteiger partial charge in [-0.15, -0.1) is 6.58 Å². The van der Waals surface area contributed by atoms with Gasteiger partial charge in [-0.05, 0) is 6.42 Å². The molecule has 2 amide bonds. The van der Waals surface area contributed by atoms with Crippen LogP contribution in [0.5, 0.6) is 0 Å². The molecule has 0 aliphatic carbocycles. The Hall–Kier alpha value is -1.29. The fourth-order valence-corrected chi connectivity index (χ4v) is 0.687. The standard InChI is InChI=1S/C8H11ClN2O2/c1-2-3-4-6(9)8(13)11-5-7(10)12/h2,4H,1,3,5H2,(H2,10,12)(H,11,13)/b6-4+. The number of carbonyl (C=O) groups excluding carboxylic acids is 2. The number of amides is 2. The van der Waals surface area contributed by atoms with Crippen molar-refractivity contribution in [3.8, 4) is 0 Å². The van der Waals surface area contributed by atoms with Gasteiger partial charge in [-0.2, -0.15) is 0 Å². The molecule has 0 saturated heterocycles. The van der Waals surface area contributed by atoms with E-state index < -0.39 is 11.8 Å². The summed E-state index contributed by atoms with van der Waals surface area (Å²) in [5.74, 6) is -1.12. The predicted octanol–water partition coefficient (Wildman–Crippen LogP) is 0.287. The average molecular weight is 203 g/mol. The molecule has 0 aliphatic heterocycles. The zero-order valence-electron chi connectivity index (χ0n) is 7.05. The van der Waals surface area contributed by atoms with E-state index in [1.807, 2.05) is 0 Å². The normalized spacial score (nSPS) is 10.7. The van der Waals surface area contributed by atoms with Gasteiger partial charge in [-0.25, -0.2) is 0 Å². The van der Waals surface area contributed by atoms with Crippen LogP contribution in [-0.4, -0.2) is 18.4 Å². The van der Waals surface area contributed by atoms with Crippen LogP contribution < -0.4 is 11.1 Å². The van der Waals surface area contributed by atoms with Crippen LogP contribution in [0.4, 0.5) is 0 Å². The molecule has 0 unspecified atom stereocenters. The van der Waals surface area contributed by atoms with Gasteiger partial charge in [0.05, 0.1) is 6.54 Å². The Morgan fingerprint density at radius 3 is 2.62 bits per heavy atom. The lowest BCUT2D eigenvalue weighted by molar-refractivity contribution is -0.122. The quantitative estimate of drug-likeness (QED) is 0.497. The molecule has 0 bridgehead atoms. The number of allylic oxidation sites excluding steroid dienone is 2. The van der Waals surface area contributed by atoms with E-state index in [2.05, 4.69) is 11.9 Å². The molecule has 0 spiro atoms. The smallest absolute Gasteiger partial charge is 0.262 e. The number of hydrogen-bond acceptors (Lipinski definition) is 2. The second kappa shape index (κ2) is 6.25. The highest BCUT2D eigenvalue weighted by Gasteiger charge is 2.05. The van der Waals surface area contributed by atoms with E-state index in [1.54, 1.807) is 6.08 Å². The van der Waals surface area contributed by atoms with Crippen LogP contribution >= 0.6 is 11.6 Å². The SMILES string of the molecule is C=CC/C=C(/Cl)C(=O)NCC(N)=O. The Morgan fingerprint density at radius 2 is 2.15 bits per heavy atom. The van der Waals surface area contributed by atoms with E-state index in [4.69, 9.17) is 17.3 Å². The summed E-state index contributed by atoms with van der Waals surface area (Å²) in [6.07, 6.45) is 3.59. The maximum atomic E-state index is 11.0. The first-order chi connectivity index (χ1) is 6.07. The Balaban J connectivity index is 3.95. The highest BCUT2D eigenvalue weighted by molar-refractivity contribution is 6.42. The molecule has 0 radical (unpaired) electrons. The monoisotopic (exact) mass is 202 g/mol. The van der Waals surface area contributed by atoms with Crippen LogP contribution in [0.25, 0.3) is 0 Å². The fourth-order valence-electron chi connectivity index (χ4n) is 0.531. The minimum atomic E-state index is -0.610. The molecule has 72 valence electrons. The number of primary amides is 1. The molecule has 4 nitrogen and oxygen atoms in total. The molecule has 13 heavy (non-hydrogen) atoms. The van der Waals surface area contributed by atoms with Crippen molar-refractivity contribution in [3.63, 3.8) is 0 Å². The number of halogens is 1. The average Bonchev–Trinajstić information content (AvgIpc) is 2.10. The van der Waals surface area contributed by atoms with Crippen molar-refractivity contribution in [3.05, 3.63) is 23.8 Å². The van der Waals surface area contributed by atoms with Crippen molar-refractivity contribution < 1.29 is 9.59 Å². The van der Waals surface area contributed by atoms with E-state index in [0.29, 0.717) is 6.42 Å². The van der Waals surface area contributed by atoms with Crippen molar-refractivity contribution in [1.82, 2.24) is 5.32 Å². The van der Waals surface area contributed by atoms with Gasteiger partial charge in [0.1, 0.15) is 5.03 Å². The number of rotatable bonds is 5. The summed E-state index contributed by atoms with van der Waals surface area (Å²) in [7, 11) is 0. The summed E-state index contributed by atoms with van der Waals surface area (Å²) in [4.78, 5) is 21.3. The largest absolute Gasteiger partial charge is 0.368 e. The zero-order chi connectivity index (χ0) is 10.3. The van der Waals surface area contributed by atoms with Gasteiger partial charge in [0, 0.05) is 0 Å². The molecule has 5 heteroatoms. The third-order valence-electron chi connectivity index (χ3n) is 1.10. The summed E-state index contributed by atoms with van der Waals surface area (Å²) in [6, 6.07) is 0. The van der Waals surface area contributed by atoms with Gasteiger partial charge in [-0.3, -0.25) is 9.59 Å². The molecule has 0 atom stereocenters. The highest BCUT2D eigenvalue weighted by atomic mass is 35.5. The van der Waals surface area contributed by atoms with Crippen molar-refractivity contribution in [1.29, 1.82) is 0 Å². The van der Waals surface area contributed by atoms with Gasteiger partial charge in [0.2, 0.25) is 5.91 Å². The van der Waals surface area contributed by atoms with E-state index in [9.17, 15) is 9.59 Å². The Morgan fingerprint density at radius 1 is 1.54 bits per heavy atom. The molecule has 3 N–H and O–H groups in total. The van der Waals surface area contributed by atoms with Gasteiger partial charge >= 0.3 is 0 Å². The van der Waals surface area contributed by atoms with Crippen LogP contribution in [0.2, 0.25) is 0 Å². The summed E-state index contributed by atoms with van der Waals surface area (Å²) in [6.45, 7) is 3.25. The third kappa shape index (κ3) is 5.93. The Labute approximate surface area is 81.4 Å². The lowest BCUT2D eigenvalue weighted by Crippen LogP contribution is -2.33. The van der Waals surface area contributed by atoms with Crippen molar-refractivity contribution >= 4 is 23.4 Å². The number of hydrogen-bond donors (Lipinski definition) is 2. The highest BCUT2D eigenvalue weighted by Crippen LogP contribution is 2.02.